The topological polar surface area (TPSA) is 107 Å². The quantitative estimate of drug-likeness (QED) is 0.626. The Hall–Kier alpha value is -2.06. The molecule has 1 rings (SSSR count). The van der Waals surface area contributed by atoms with Crippen molar-refractivity contribution in [2.75, 3.05) is 0 Å². The van der Waals surface area contributed by atoms with Gasteiger partial charge in [0.15, 0.2) is 0 Å². The molecule has 14 heavy (non-hydrogen) atoms. The van der Waals surface area contributed by atoms with Gasteiger partial charge in [-0.15, -0.1) is 0 Å². The number of nitrogens with zero attached hydrogens (tertiary/aromatic N) is 1. The van der Waals surface area contributed by atoms with Gasteiger partial charge in [0.25, 0.3) is 0 Å². The number of nitrogens with two attached hydrogens (primary N) is 1. The molecule has 0 heterocycles. The number of carboxylic acids is 1. The number of rotatable bonds is 2. The average Bonchev–Trinajstić information content (AvgIpc) is 2.17. The molecule has 1 aromatic rings. The summed E-state index contributed by atoms with van der Waals surface area (Å²) in [7, 11) is 0. The lowest BCUT2D eigenvalue weighted by Crippen LogP contribution is -2.20. The van der Waals surface area contributed by atoms with E-state index in [9.17, 15) is 4.79 Å². The van der Waals surface area contributed by atoms with E-state index in [-0.39, 0.29) is 16.9 Å². The summed E-state index contributed by atoms with van der Waals surface area (Å²) in [5.41, 5.74) is 5.62. The Labute approximate surface area is 80.0 Å². The van der Waals surface area contributed by atoms with E-state index in [4.69, 9.17) is 21.2 Å². The van der Waals surface area contributed by atoms with Crippen molar-refractivity contribution in [3.05, 3.63) is 29.3 Å². The zero-order valence-corrected chi connectivity index (χ0v) is 7.14. The summed E-state index contributed by atoms with van der Waals surface area (Å²) in [5, 5.41) is 26.3. The second-order valence-electron chi connectivity index (χ2n) is 2.70. The van der Waals surface area contributed by atoms with Crippen molar-refractivity contribution in [1.82, 2.24) is 0 Å². The smallest absolute Gasteiger partial charge is 0.325 e. The first-order valence-corrected chi connectivity index (χ1v) is 3.77. The van der Waals surface area contributed by atoms with Crippen LogP contribution in [0.1, 0.15) is 17.2 Å². The van der Waals surface area contributed by atoms with Crippen LogP contribution in [0.2, 0.25) is 0 Å². The van der Waals surface area contributed by atoms with E-state index in [0.29, 0.717) is 0 Å². The Morgan fingerprint density at radius 2 is 2.21 bits per heavy atom. The van der Waals surface area contributed by atoms with E-state index < -0.39 is 12.0 Å². The fourth-order valence-corrected chi connectivity index (χ4v) is 0.979. The summed E-state index contributed by atoms with van der Waals surface area (Å²) in [5.74, 6) is -1.37. The maximum Gasteiger partial charge on any atom is 0.325 e. The summed E-state index contributed by atoms with van der Waals surface area (Å²) in [6.07, 6.45) is 0. The van der Waals surface area contributed by atoms with Gasteiger partial charge in [0.05, 0.1) is 5.56 Å². The number of hydrogen-bond acceptors (Lipinski definition) is 4. The van der Waals surface area contributed by atoms with Gasteiger partial charge in [-0.3, -0.25) is 4.79 Å². The molecule has 0 aliphatic carbocycles. The third-order valence-electron chi connectivity index (χ3n) is 1.77. The summed E-state index contributed by atoms with van der Waals surface area (Å²) in [6.45, 7) is 0. The summed E-state index contributed by atoms with van der Waals surface area (Å²) >= 11 is 0. The highest BCUT2D eigenvalue weighted by Crippen LogP contribution is 2.20. The monoisotopic (exact) mass is 192 g/mol. The van der Waals surface area contributed by atoms with Gasteiger partial charge in [-0.1, -0.05) is 6.07 Å². The van der Waals surface area contributed by atoms with E-state index in [0.717, 1.165) is 0 Å². The number of aromatic hydroxyl groups is 1. The lowest BCUT2D eigenvalue weighted by atomic mass is 10.0. The van der Waals surface area contributed by atoms with Gasteiger partial charge in [0, 0.05) is 0 Å². The lowest BCUT2D eigenvalue weighted by molar-refractivity contribution is -0.138. The number of phenolic OH excluding ortho intramolecular Hbond substituents is 1. The molecule has 0 aliphatic rings. The van der Waals surface area contributed by atoms with Crippen LogP contribution in [-0.4, -0.2) is 16.2 Å². The zero-order chi connectivity index (χ0) is 10.7. The third kappa shape index (κ3) is 1.81. The molecule has 0 amide bonds. The minimum atomic E-state index is -1.18. The van der Waals surface area contributed by atoms with Crippen molar-refractivity contribution >= 4 is 5.97 Å². The molecule has 1 aromatic carbocycles. The minimum Gasteiger partial charge on any atom is -0.507 e. The van der Waals surface area contributed by atoms with Crippen molar-refractivity contribution in [2.24, 2.45) is 5.73 Å². The van der Waals surface area contributed by atoms with Gasteiger partial charge in [0.1, 0.15) is 17.9 Å². The van der Waals surface area contributed by atoms with Crippen molar-refractivity contribution in [3.63, 3.8) is 0 Å². The molecule has 0 saturated heterocycles. The van der Waals surface area contributed by atoms with E-state index in [2.05, 4.69) is 0 Å². The molecule has 5 heteroatoms. The molecule has 72 valence electrons. The molecule has 4 N–H and O–H groups in total. The number of aliphatic carboxylic acids is 1. The van der Waals surface area contributed by atoms with Crippen molar-refractivity contribution < 1.29 is 15.0 Å². The lowest BCUT2D eigenvalue weighted by Gasteiger charge is -2.07. The van der Waals surface area contributed by atoms with Crippen LogP contribution in [-0.2, 0) is 4.79 Å². The van der Waals surface area contributed by atoms with Crippen LogP contribution in [0.5, 0.6) is 5.75 Å². The SMILES string of the molecule is N#Cc1cc([C@@H](N)C(=O)O)ccc1O. The Kier molecular flexibility index (Phi) is 2.70. The van der Waals surface area contributed by atoms with Crippen molar-refractivity contribution in [1.29, 1.82) is 5.26 Å². The predicted octanol–water partition coefficient (Wildman–Crippen LogP) is 0.348. The largest absolute Gasteiger partial charge is 0.507 e. The number of benzene rings is 1. The van der Waals surface area contributed by atoms with E-state index in [1.54, 1.807) is 6.07 Å². The molecule has 0 spiro atoms. The van der Waals surface area contributed by atoms with Crippen molar-refractivity contribution in [3.8, 4) is 11.8 Å². The van der Waals surface area contributed by atoms with Gasteiger partial charge in [0.2, 0.25) is 0 Å². The van der Waals surface area contributed by atoms with Gasteiger partial charge in [-0.25, -0.2) is 0 Å². The highest BCUT2D eigenvalue weighted by molar-refractivity contribution is 5.75. The maximum atomic E-state index is 10.5. The first-order valence-electron chi connectivity index (χ1n) is 3.77. The fraction of sp³-hybridized carbons (Fsp3) is 0.111. The van der Waals surface area contributed by atoms with Crippen LogP contribution in [0, 0.1) is 11.3 Å². The highest BCUT2D eigenvalue weighted by Gasteiger charge is 2.15. The summed E-state index contributed by atoms with van der Waals surface area (Å²) in [4.78, 5) is 10.5. The van der Waals surface area contributed by atoms with Crippen molar-refractivity contribution in [2.45, 2.75) is 6.04 Å². The van der Waals surface area contributed by atoms with Crippen LogP contribution >= 0.6 is 0 Å². The van der Waals surface area contributed by atoms with Gasteiger partial charge in [-0.2, -0.15) is 5.26 Å². The molecule has 0 bridgehead atoms. The molecule has 0 fully saturated rings. The molecular weight excluding hydrogens is 184 g/mol. The van der Waals surface area contributed by atoms with E-state index >= 15 is 0 Å². The first-order chi connectivity index (χ1) is 6.56. The molecule has 5 nitrogen and oxygen atoms in total. The number of nitriles is 1. The minimum absolute atomic E-state index is 0.0131. The van der Waals surface area contributed by atoms with Crippen LogP contribution < -0.4 is 5.73 Å². The standard InChI is InChI=1S/C9H8N2O3/c10-4-6-3-5(1-2-7(6)12)8(11)9(13)14/h1-3,8,12H,11H2,(H,13,14)/t8-/m1/s1. The molecule has 1 atom stereocenters. The normalized spacial score (nSPS) is 11.7. The highest BCUT2D eigenvalue weighted by atomic mass is 16.4. The Morgan fingerprint density at radius 3 is 2.71 bits per heavy atom. The van der Waals surface area contributed by atoms with Gasteiger partial charge >= 0.3 is 5.97 Å². The maximum absolute atomic E-state index is 10.5. The third-order valence-corrected chi connectivity index (χ3v) is 1.77. The molecule has 0 aromatic heterocycles. The number of carbonyl (C=O) groups is 1. The molecular formula is C9H8N2O3. The number of phenols is 1. The fourth-order valence-electron chi connectivity index (χ4n) is 0.979. The number of carboxylic acid groups (broad SMARTS) is 1. The van der Waals surface area contributed by atoms with E-state index in [1.165, 1.54) is 18.2 Å². The van der Waals surface area contributed by atoms with Gasteiger partial charge < -0.3 is 15.9 Å². The Bertz CT molecular complexity index is 409. The summed E-state index contributed by atoms with van der Waals surface area (Å²) in [6, 6.07) is 4.43. The number of hydrogen-bond donors (Lipinski definition) is 3. The Morgan fingerprint density at radius 1 is 1.57 bits per heavy atom. The molecule has 0 radical (unpaired) electrons. The zero-order valence-electron chi connectivity index (χ0n) is 7.14. The molecule has 0 unspecified atom stereocenters. The predicted molar refractivity (Wildman–Crippen MR) is 47.4 cm³/mol. The van der Waals surface area contributed by atoms with E-state index in [1.807, 2.05) is 0 Å². The second kappa shape index (κ2) is 3.77. The Balaban J connectivity index is 3.14. The molecule has 0 aliphatic heterocycles. The average molecular weight is 192 g/mol. The van der Waals surface area contributed by atoms with Crippen LogP contribution in [0.4, 0.5) is 0 Å². The van der Waals surface area contributed by atoms with Crippen LogP contribution in [0.15, 0.2) is 18.2 Å². The van der Waals surface area contributed by atoms with Gasteiger partial charge in [-0.05, 0) is 17.7 Å². The van der Waals surface area contributed by atoms with Crippen LogP contribution in [0.3, 0.4) is 0 Å². The second-order valence-corrected chi connectivity index (χ2v) is 2.70. The summed E-state index contributed by atoms with van der Waals surface area (Å²) < 4.78 is 0. The first kappa shape index (κ1) is 10.0. The van der Waals surface area contributed by atoms with Crippen LogP contribution in [0.25, 0.3) is 0 Å². The molecule has 0 saturated carbocycles.